The van der Waals surface area contributed by atoms with E-state index in [1.165, 1.54) is 13.2 Å². The molecule has 6 heteroatoms. The molecule has 0 aliphatic rings. The molecule has 17 heavy (non-hydrogen) atoms. The Morgan fingerprint density at radius 2 is 2.29 bits per heavy atom. The molecule has 1 aromatic carbocycles. The summed E-state index contributed by atoms with van der Waals surface area (Å²) in [5.74, 6) is 0.574. The third kappa shape index (κ3) is 3.32. The third-order valence-corrected chi connectivity index (χ3v) is 2.54. The highest BCUT2D eigenvalue weighted by molar-refractivity contribution is 5.64. The maximum Gasteiger partial charge on any atom is 0.292 e. The van der Waals surface area contributed by atoms with Crippen LogP contribution in [0.4, 0.5) is 11.4 Å². The van der Waals surface area contributed by atoms with Crippen molar-refractivity contribution in [1.29, 1.82) is 0 Å². The highest BCUT2D eigenvalue weighted by Gasteiger charge is 2.16. The molecule has 0 aliphatic carbocycles. The van der Waals surface area contributed by atoms with Gasteiger partial charge in [0.15, 0.2) is 0 Å². The van der Waals surface area contributed by atoms with E-state index in [0.29, 0.717) is 18.0 Å². The third-order valence-electron chi connectivity index (χ3n) is 2.54. The molecule has 0 aliphatic heterocycles. The van der Waals surface area contributed by atoms with Crippen molar-refractivity contribution >= 4 is 11.4 Å². The van der Waals surface area contributed by atoms with Gasteiger partial charge in [0.05, 0.1) is 12.0 Å². The maximum absolute atomic E-state index is 10.9. The topological polar surface area (TPSA) is 90.4 Å². The molecule has 6 nitrogen and oxygen atoms in total. The fraction of sp³-hybridized carbons (Fsp3) is 0.455. The number of nitrogens with zero attached hydrogens (tertiary/aromatic N) is 1. The van der Waals surface area contributed by atoms with Gasteiger partial charge in [-0.2, -0.15) is 0 Å². The lowest BCUT2D eigenvalue weighted by atomic mass is 10.2. The number of rotatable bonds is 6. The first-order valence-electron chi connectivity index (χ1n) is 5.41. The Hall–Kier alpha value is -1.82. The van der Waals surface area contributed by atoms with Gasteiger partial charge in [0.25, 0.3) is 5.69 Å². The number of hydrogen-bond acceptors (Lipinski definition) is 5. The Labute approximate surface area is 99.9 Å². The number of nitro benzene ring substituents is 1. The highest BCUT2D eigenvalue weighted by Crippen LogP contribution is 2.29. The first-order chi connectivity index (χ1) is 8.12. The van der Waals surface area contributed by atoms with Gasteiger partial charge in [-0.15, -0.1) is 0 Å². The average Bonchev–Trinajstić information content (AvgIpc) is 2.35. The largest absolute Gasteiger partial charge is 0.497 e. The number of benzene rings is 1. The van der Waals surface area contributed by atoms with Crippen LogP contribution in [0.5, 0.6) is 5.75 Å². The summed E-state index contributed by atoms with van der Waals surface area (Å²) in [6.45, 7) is 2.39. The van der Waals surface area contributed by atoms with Crippen LogP contribution in [0.2, 0.25) is 0 Å². The Kier molecular flexibility index (Phi) is 4.71. The monoisotopic (exact) mass is 239 g/mol. The van der Waals surface area contributed by atoms with E-state index in [-0.39, 0.29) is 11.7 Å². The molecule has 0 aromatic heterocycles. The Bertz CT molecular complexity index is 392. The van der Waals surface area contributed by atoms with Gasteiger partial charge in [-0.05, 0) is 12.5 Å². The van der Waals surface area contributed by atoms with Gasteiger partial charge in [-0.3, -0.25) is 10.1 Å². The summed E-state index contributed by atoms with van der Waals surface area (Å²) >= 11 is 0. The van der Waals surface area contributed by atoms with E-state index >= 15 is 0 Å². The minimum Gasteiger partial charge on any atom is -0.497 e. The predicted octanol–water partition coefficient (Wildman–Crippen LogP) is 1.75. The first kappa shape index (κ1) is 13.2. The lowest BCUT2D eigenvalue weighted by Gasteiger charge is -2.16. The second-order valence-corrected chi connectivity index (χ2v) is 3.63. The lowest BCUT2D eigenvalue weighted by molar-refractivity contribution is -0.384. The van der Waals surface area contributed by atoms with Crippen LogP contribution in [-0.2, 0) is 0 Å². The molecule has 0 saturated carbocycles. The Morgan fingerprint density at radius 3 is 2.76 bits per heavy atom. The van der Waals surface area contributed by atoms with Crippen LogP contribution >= 0.6 is 0 Å². The number of hydrogen-bond donors (Lipinski definition) is 2. The number of nitrogens with two attached hydrogens (primary N) is 1. The van der Waals surface area contributed by atoms with Crippen LogP contribution in [0.15, 0.2) is 18.2 Å². The van der Waals surface area contributed by atoms with Crippen LogP contribution < -0.4 is 15.8 Å². The Morgan fingerprint density at radius 1 is 1.59 bits per heavy atom. The zero-order valence-corrected chi connectivity index (χ0v) is 9.97. The summed E-state index contributed by atoms with van der Waals surface area (Å²) in [5.41, 5.74) is 6.03. The maximum atomic E-state index is 10.9. The highest BCUT2D eigenvalue weighted by atomic mass is 16.6. The van der Waals surface area contributed by atoms with Gasteiger partial charge in [-0.1, -0.05) is 6.92 Å². The number of nitro groups is 1. The van der Waals surface area contributed by atoms with Crippen molar-refractivity contribution in [2.45, 2.75) is 19.4 Å². The molecule has 1 atom stereocenters. The summed E-state index contributed by atoms with van der Waals surface area (Å²) in [6.07, 6.45) is 0.796. The quantitative estimate of drug-likeness (QED) is 0.583. The second kappa shape index (κ2) is 6.05. The minimum atomic E-state index is -0.426. The molecule has 0 bridgehead atoms. The fourth-order valence-electron chi connectivity index (χ4n) is 1.46. The molecule has 0 amide bonds. The van der Waals surface area contributed by atoms with Gasteiger partial charge in [0, 0.05) is 24.7 Å². The number of anilines is 1. The van der Waals surface area contributed by atoms with Gasteiger partial charge in [0.2, 0.25) is 0 Å². The molecular weight excluding hydrogens is 222 g/mol. The molecular formula is C11H17N3O3. The van der Waals surface area contributed by atoms with E-state index < -0.39 is 4.92 Å². The molecule has 0 spiro atoms. The predicted molar refractivity (Wildman–Crippen MR) is 66.4 cm³/mol. The van der Waals surface area contributed by atoms with Gasteiger partial charge in [0.1, 0.15) is 11.4 Å². The number of ether oxygens (including phenoxy) is 1. The summed E-state index contributed by atoms with van der Waals surface area (Å²) in [6, 6.07) is 4.61. The van der Waals surface area contributed by atoms with Crippen molar-refractivity contribution in [1.82, 2.24) is 0 Å². The normalized spacial score (nSPS) is 11.9. The zero-order valence-electron chi connectivity index (χ0n) is 9.97. The molecule has 0 fully saturated rings. The van der Waals surface area contributed by atoms with E-state index in [0.717, 1.165) is 6.42 Å². The van der Waals surface area contributed by atoms with Crippen molar-refractivity contribution in [2.75, 3.05) is 19.0 Å². The van der Waals surface area contributed by atoms with Crippen molar-refractivity contribution < 1.29 is 9.66 Å². The number of methoxy groups -OCH3 is 1. The zero-order chi connectivity index (χ0) is 12.8. The smallest absolute Gasteiger partial charge is 0.292 e. The van der Waals surface area contributed by atoms with E-state index in [2.05, 4.69) is 5.32 Å². The van der Waals surface area contributed by atoms with Crippen molar-refractivity contribution in [3.8, 4) is 5.75 Å². The molecule has 1 rings (SSSR count). The SMILES string of the molecule is CCC(CN)Nc1cc(OC)ccc1[N+](=O)[O-]. The van der Waals surface area contributed by atoms with Crippen molar-refractivity contribution in [2.24, 2.45) is 5.73 Å². The molecule has 3 N–H and O–H groups in total. The minimum absolute atomic E-state index is 0.0146. The van der Waals surface area contributed by atoms with Crippen LogP contribution in [0.25, 0.3) is 0 Å². The molecule has 94 valence electrons. The summed E-state index contributed by atoms with van der Waals surface area (Å²) in [5, 5.41) is 13.9. The molecule has 0 heterocycles. The van der Waals surface area contributed by atoms with E-state index in [1.807, 2.05) is 6.92 Å². The van der Waals surface area contributed by atoms with Crippen LogP contribution in [0, 0.1) is 10.1 Å². The van der Waals surface area contributed by atoms with E-state index in [1.54, 1.807) is 12.1 Å². The summed E-state index contributed by atoms with van der Waals surface area (Å²) in [7, 11) is 1.52. The van der Waals surface area contributed by atoms with Crippen LogP contribution in [-0.4, -0.2) is 24.6 Å². The Balaban J connectivity index is 3.04. The van der Waals surface area contributed by atoms with Crippen LogP contribution in [0.3, 0.4) is 0 Å². The number of nitrogens with one attached hydrogen (secondary N) is 1. The fourth-order valence-corrected chi connectivity index (χ4v) is 1.46. The standard InChI is InChI=1S/C11H17N3O3/c1-3-8(7-12)13-10-6-9(17-2)4-5-11(10)14(15)16/h4-6,8,13H,3,7,12H2,1-2H3. The van der Waals surface area contributed by atoms with Gasteiger partial charge in [-0.25, -0.2) is 0 Å². The summed E-state index contributed by atoms with van der Waals surface area (Å²) in [4.78, 5) is 10.4. The summed E-state index contributed by atoms with van der Waals surface area (Å²) < 4.78 is 5.04. The lowest BCUT2D eigenvalue weighted by Crippen LogP contribution is -2.28. The van der Waals surface area contributed by atoms with Crippen LogP contribution in [0.1, 0.15) is 13.3 Å². The van der Waals surface area contributed by atoms with E-state index in [4.69, 9.17) is 10.5 Å². The van der Waals surface area contributed by atoms with E-state index in [9.17, 15) is 10.1 Å². The van der Waals surface area contributed by atoms with Crippen molar-refractivity contribution in [3.63, 3.8) is 0 Å². The van der Waals surface area contributed by atoms with Crippen molar-refractivity contribution in [3.05, 3.63) is 28.3 Å². The second-order valence-electron chi connectivity index (χ2n) is 3.63. The first-order valence-corrected chi connectivity index (χ1v) is 5.41. The average molecular weight is 239 g/mol. The molecule has 0 radical (unpaired) electrons. The van der Waals surface area contributed by atoms with Gasteiger partial charge < -0.3 is 15.8 Å². The van der Waals surface area contributed by atoms with Gasteiger partial charge >= 0.3 is 0 Å². The molecule has 0 saturated heterocycles. The molecule has 1 aromatic rings. The molecule has 1 unspecified atom stereocenters.